The number of rotatable bonds is 10. The van der Waals surface area contributed by atoms with Crippen molar-refractivity contribution in [1.82, 2.24) is 10.2 Å². The molecule has 0 aliphatic rings. The number of halogens is 3. The molecule has 0 saturated heterocycles. The van der Waals surface area contributed by atoms with Gasteiger partial charge in [0.15, 0.2) is 6.61 Å². The molecule has 0 aromatic heterocycles. The standard InChI is InChI=1S/C27H27Cl3N2O3/c1-18(2)31-27(34)25(14-19-7-4-3-5-8-19)32(16-20-11-12-23(29)24(30)13-20)26(33)17-35-22-10-6-9-21(28)15-22/h3-13,15,18,25H,14,16-17H2,1-2H3,(H,31,34)/t25-/m0/s1. The first-order valence-electron chi connectivity index (χ1n) is 11.2. The Balaban J connectivity index is 1.93. The monoisotopic (exact) mass is 532 g/mol. The molecule has 1 atom stereocenters. The summed E-state index contributed by atoms with van der Waals surface area (Å²) in [4.78, 5) is 28.4. The second-order valence-corrected chi connectivity index (χ2v) is 9.64. The zero-order chi connectivity index (χ0) is 25.4. The Bertz CT molecular complexity index is 1160. The number of nitrogens with zero attached hydrogens (tertiary/aromatic N) is 1. The van der Waals surface area contributed by atoms with Crippen LogP contribution < -0.4 is 10.1 Å². The first kappa shape index (κ1) is 26.9. The quantitative estimate of drug-likeness (QED) is 0.338. The summed E-state index contributed by atoms with van der Waals surface area (Å²) in [5, 5.41) is 4.23. The van der Waals surface area contributed by atoms with Gasteiger partial charge in [-0.05, 0) is 55.3 Å². The Hall–Kier alpha value is -2.73. The Morgan fingerprint density at radius 1 is 0.886 bits per heavy atom. The van der Waals surface area contributed by atoms with E-state index in [0.29, 0.717) is 27.2 Å². The molecule has 5 nitrogen and oxygen atoms in total. The minimum absolute atomic E-state index is 0.0922. The number of carbonyl (C=O) groups is 2. The van der Waals surface area contributed by atoms with Crippen LogP contribution >= 0.6 is 34.8 Å². The Morgan fingerprint density at radius 3 is 2.29 bits per heavy atom. The maximum absolute atomic E-state index is 13.5. The molecule has 8 heteroatoms. The van der Waals surface area contributed by atoms with E-state index in [1.807, 2.05) is 44.2 Å². The normalized spacial score (nSPS) is 11.7. The maximum Gasteiger partial charge on any atom is 0.261 e. The number of nitrogens with one attached hydrogen (secondary N) is 1. The molecule has 0 unspecified atom stereocenters. The number of hydrogen-bond acceptors (Lipinski definition) is 3. The fraction of sp³-hybridized carbons (Fsp3) is 0.259. The number of ether oxygens (including phenoxy) is 1. The lowest BCUT2D eigenvalue weighted by molar-refractivity contribution is -0.143. The summed E-state index contributed by atoms with van der Waals surface area (Å²) in [6.07, 6.45) is 0.337. The summed E-state index contributed by atoms with van der Waals surface area (Å²) < 4.78 is 5.72. The van der Waals surface area contributed by atoms with Crippen LogP contribution in [0, 0.1) is 0 Å². The molecule has 0 spiro atoms. The zero-order valence-corrected chi connectivity index (χ0v) is 21.8. The van der Waals surface area contributed by atoms with Gasteiger partial charge in [-0.25, -0.2) is 0 Å². The minimum Gasteiger partial charge on any atom is -0.484 e. The van der Waals surface area contributed by atoms with E-state index in [9.17, 15) is 9.59 Å². The van der Waals surface area contributed by atoms with Crippen LogP contribution in [0.15, 0.2) is 72.8 Å². The van der Waals surface area contributed by atoms with Crippen LogP contribution in [0.3, 0.4) is 0 Å². The van der Waals surface area contributed by atoms with Gasteiger partial charge >= 0.3 is 0 Å². The number of benzene rings is 3. The second kappa shape index (κ2) is 12.8. The fourth-order valence-electron chi connectivity index (χ4n) is 3.55. The van der Waals surface area contributed by atoms with E-state index in [-0.39, 0.29) is 31.0 Å². The first-order chi connectivity index (χ1) is 16.7. The van der Waals surface area contributed by atoms with Crippen LogP contribution in [0.4, 0.5) is 0 Å². The van der Waals surface area contributed by atoms with Crippen molar-refractivity contribution in [3.63, 3.8) is 0 Å². The van der Waals surface area contributed by atoms with E-state index >= 15 is 0 Å². The molecule has 184 valence electrons. The average Bonchev–Trinajstić information content (AvgIpc) is 2.82. The minimum atomic E-state index is -0.773. The Morgan fingerprint density at radius 2 is 1.63 bits per heavy atom. The van der Waals surface area contributed by atoms with Gasteiger partial charge < -0.3 is 15.0 Å². The van der Waals surface area contributed by atoms with Gasteiger partial charge in [-0.2, -0.15) is 0 Å². The van der Waals surface area contributed by atoms with Gasteiger partial charge in [0, 0.05) is 24.0 Å². The Labute approximate surface area is 220 Å². The van der Waals surface area contributed by atoms with Crippen molar-refractivity contribution in [2.75, 3.05) is 6.61 Å². The SMILES string of the molecule is CC(C)NC(=O)[C@H](Cc1ccccc1)N(Cc1ccc(Cl)c(Cl)c1)C(=O)COc1cccc(Cl)c1. The van der Waals surface area contributed by atoms with Crippen molar-refractivity contribution in [3.8, 4) is 5.75 Å². The van der Waals surface area contributed by atoms with Crippen LogP contribution in [0.5, 0.6) is 5.75 Å². The first-order valence-corrected chi connectivity index (χ1v) is 12.3. The molecule has 3 aromatic rings. The molecule has 0 saturated carbocycles. The molecule has 0 heterocycles. The van der Waals surface area contributed by atoms with Gasteiger partial charge in [0.05, 0.1) is 10.0 Å². The molecule has 3 aromatic carbocycles. The van der Waals surface area contributed by atoms with Crippen molar-refractivity contribution in [1.29, 1.82) is 0 Å². The maximum atomic E-state index is 13.5. The largest absolute Gasteiger partial charge is 0.484 e. The van der Waals surface area contributed by atoms with Gasteiger partial charge in [-0.15, -0.1) is 0 Å². The highest BCUT2D eigenvalue weighted by Crippen LogP contribution is 2.25. The van der Waals surface area contributed by atoms with Gasteiger partial charge in [0.2, 0.25) is 5.91 Å². The van der Waals surface area contributed by atoms with E-state index in [1.165, 1.54) is 4.90 Å². The molecule has 0 aliphatic heterocycles. The molecule has 0 fully saturated rings. The van der Waals surface area contributed by atoms with Gasteiger partial charge in [0.25, 0.3) is 5.91 Å². The molecule has 0 radical (unpaired) electrons. The van der Waals surface area contributed by atoms with Crippen LogP contribution in [-0.2, 0) is 22.6 Å². The summed E-state index contributed by atoms with van der Waals surface area (Å²) in [6, 6.07) is 20.7. The predicted octanol–water partition coefficient (Wildman–Crippen LogP) is 6.19. The highest BCUT2D eigenvalue weighted by molar-refractivity contribution is 6.42. The number of amides is 2. The predicted molar refractivity (Wildman–Crippen MR) is 141 cm³/mol. The smallest absolute Gasteiger partial charge is 0.261 e. The lowest BCUT2D eigenvalue weighted by Gasteiger charge is -2.32. The average molecular weight is 534 g/mol. The van der Waals surface area contributed by atoms with E-state index < -0.39 is 6.04 Å². The molecule has 35 heavy (non-hydrogen) atoms. The number of carbonyl (C=O) groups excluding carboxylic acids is 2. The van der Waals surface area contributed by atoms with Crippen molar-refractivity contribution >= 4 is 46.6 Å². The van der Waals surface area contributed by atoms with Crippen molar-refractivity contribution < 1.29 is 14.3 Å². The van der Waals surface area contributed by atoms with Crippen molar-refractivity contribution in [2.45, 2.75) is 38.9 Å². The number of hydrogen-bond donors (Lipinski definition) is 1. The third-order valence-electron chi connectivity index (χ3n) is 5.20. The molecule has 0 aliphatic carbocycles. The van der Waals surface area contributed by atoms with Crippen LogP contribution in [0.2, 0.25) is 15.1 Å². The molecular formula is C27H27Cl3N2O3. The lowest BCUT2D eigenvalue weighted by Crippen LogP contribution is -2.52. The van der Waals surface area contributed by atoms with Gasteiger partial charge in [0.1, 0.15) is 11.8 Å². The second-order valence-electron chi connectivity index (χ2n) is 8.38. The van der Waals surface area contributed by atoms with Gasteiger partial charge in [-0.1, -0.05) is 77.3 Å². The van der Waals surface area contributed by atoms with Crippen LogP contribution in [0.1, 0.15) is 25.0 Å². The summed E-state index contributed by atoms with van der Waals surface area (Å²) >= 11 is 18.3. The molecule has 3 rings (SSSR count). The third-order valence-corrected chi connectivity index (χ3v) is 6.17. The summed E-state index contributed by atoms with van der Waals surface area (Å²) in [6.45, 7) is 3.65. The zero-order valence-electron chi connectivity index (χ0n) is 19.5. The third kappa shape index (κ3) is 8.17. The van der Waals surface area contributed by atoms with E-state index in [4.69, 9.17) is 39.5 Å². The molecule has 1 N–H and O–H groups in total. The summed E-state index contributed by atoms with van der Waals surface area (Å²) in [5.41, 5.74) is 1.67. The fourth-order valence-corrected chi connectivity index (χ4v) is 4.06. The van der Waals surface area contributed by atoms with Crippen LogP contribution in [0.25, 0.3) is 0 Å². The highest BCUT2D eigenvalue weighted by atomic mass is 35.5. The van der Waals surface area contributed by atoms with Crippen molar-refractivity contribution in [2.24, 2.45) is 0 Å². The highest BCUT2D eigenvalue weighted by Gasteiger charge is 2.31. The lowest BCUT2D eigenvalue weighted by atomic mass is 10.0. The van der Waals surface area contributed by atoms with E-state index in [0.717, 1.165) is 11.1 Å². The Kier molecular flexibility index (Phi) is 9.84. The molecule has 2 amide bonds. The summed E-state index contributed by atoms with van der Waals surface area (Å²) in [7, 11) is 0. The molecule has 0 bridgehead atoms. The van der Waals surface area contributed by atoms with Crippen LogP contribution in [-0.4, -0.2) is 35.4 Å². The van der Waals surface area contributed by atoms with E-state index in [2.05, 4.69) is 5.32 Å². The summed E-state index contributed by atoms with van der Waals surface area (Å²) in [5.74, 6) is -0.137. The van der Waals surface area contributed by atoms with Gasteiger partial charge in [-0.3, -0.25) is 9.59 Å². The van der Waals surface area contributed by atoms with E-state index in [1.54, 1.807) is 42.5 Å². The van der Waals surface area contributed by atoms with Crippen molar-refractivity contribution in [3.05, 3.63) is 99.0 Å². The molecular weight excluding hydrogens is 507 g/mol. The topological polar surface area (TPSA) is 58.6 Å².